The van der Waals surface area contributed by atoms with Gasteiger partial charge in [0.1, 0.15) is 0 Å². The first kappa shape index (κ1) is 23.2. The lowest BCUT2D eigenvalue weighted by Crippen LogP contribution is -2.18. The summed E-state index contributed by atoms with van der Waals surface area (Å²) in [7, 11) is 0. The summed E-state index contributed by atoms with van der Waals surface area (Å²) in [6.07, 6.45) is 7.15. The Morgan fingerprint density at radius 3 is 2.66 bits per heavy atom. The standard InChI is InChI=1S/C21H30N2O5S/c22-17-8-7-15(19(24)9-10-21(26)27)13-18(17)23-20(25)14-29-12-4-11-28-16-5-2-1-3-6-16/h7-8,13,16H,1-6,9-12,14,22H2,(H,23,25)(H,26,27). The van der Waals surface area contributed by atoms with E-state index in [0.717, 1.165) is 31.6 Å². The van der Waals surface area contributed by atoms with Crippen LogP contribution < -0.4 is 11.1 Å². The van der Waals surface area contributed by atoms with Crippen LogP contribution in [0.1, 0.15) is 61.7 Å². The minimum Gasteiger partial charge on any atom is -0.481 e. The summed E-state index contributed by atoms with van der Waals surface area (Å²) in [4.78, 5) is 34.8. The maximum Gasteiger partial charge on any atom is 0.303 e. The van der Waals surface area contributed by atoms with Gasteiger partial charge in [-0.3, -0.25) is 14.4 Å². The summed E-state index contributed by atoms with van der Waals surface area (Å²) >= 11 is 1.53. The first-order valence-electron chi connectivity index (χ1n) is 10.1. The van der Waals surface area contributed by atoms with Crippen LogP contribution in [-0.4, -0.2) is 47.0 Å². The van der Waals surface area contributed by atoms with Crippen molar-refractivity contribution in [2.24, 2.45) is 0 Å². The van der Waals surface area contributed by atoms with E-state index in [2.05, 4.69) is 5.32 Å². The molecule has 0 heterocycles. The van der Waals surface area contributed by atoms with Crippen LogP contribution in [0.2, 0.25) is 0 Å². The first-order chi connectivity index (χ1) is 14.0. The Balaban J connectivity index is 1.68. The number of ether oxygens (including phenoxy) is 1. The number of carboxylic acids is 1. The van der Waals surface area contributed by atoms with Gasteiger partial charge in [-0.15, -0.1) is 0 Å². The molecule has 7 nitrogen and oxygen atoms in total. The molecule has 0 radical (unpaired) electrons. The Morgan fingerprint density at radius 1 is 1.17 bits per heavy atom. The fraction of sp³-hybridized carbons (Fsp3) is 0.571. The fourth-order valence-electron chi connectivity index (χ4n) is 3.20. The molecule has 2 rings (SSSR count). The maximum atomic E-state index is 12.2. The van der Waals surface area contributed by atoms with Gasteiger partial charge in [0, 0.05) is 18.6 Å². The number of nitrogen functional groups attached to an aromatic ring is 1. The van der Waals surface area contributed by atoms with Crippen molar-refractivity contribution >= 4 is 40.8 Å². The van der Waals surface area contributed by atoms with E-state index in [1.165, 1.54) is 43.2 Å². The highest BCUT2D eigenvalue weighted by Gasteiger charge is 2.14. The van der Waals surface area contributed by atoms with Gasteiger partial charge in [0.2, 0.25) is 5.91 Å². The largest absolute Gasteiger partial charge is 0.481 e. The van der Waals surface area contributed by atoms with Crippen molar-refractivity contribution in [3.63, 3.8) is 0 Å². The van der Waals surface area contributed by atoms with Crippen molar-refractivity contribution in [3.05, 3.63) is 23.8 Å². The minimum atomic E-state index is -1.02. The highest BCUT2D eigenvalue weighted by Crippen LogP contribution is 2.22. The third kappa shape index (κ3) is 8.87. The summed E-state index contributed by atoms with van der Waals surface area (Å²) in [6, 6.07) is 4.58. The number of thioether (sulfide) groups is 1. The summed E-state index contributed by atoms with van der Waals surface area (Å²) in [5.41, 5.74) is 6.95. The van der Waals surface area contributed by atoms with Gasteiger partial charge < -0.3 is 20.9 Å². The number of carbonyl (C=O) groups is 3. The SMILES string of the molecule is Nc1ccc(C(=O)CCC(=O)O)cc1NC(=O)CSCCCOC1CCCCC1. The van der Waals surface area contributed by atoms with Crippen LogP contribution in [0, 0.1) is 0 Å². The quantitative estimate of drug-likeness (QED) is 0.267. The molecule has 8 heteroatoms. The van der Waals surface area contributed by atoms with E-state index in [1.807, 2.05) is 0 Å². The Morgan fingerprint density at radius 2 is 1.93 bits per heavy atom. The normalized spacial score (nSPS) is 14.5. The Kier molecular flexibility index (Phi) is 10.0. The van der Waals surface area contributed by atoms with Crippen LogP contribution >= 0.6 is 11.8 Å². The van der Waals surface area contributed by atoms with Crippen LogP contribution in [0.3, 0.4) is 0 Å². The number of amides is 1. The predicted octanol–water partition coefficient (Wildman–Crippen LogP) is 3.73. The number of rotatable bonds is 12. The molecule has 160 valence electrons. The molecule has 1 aromatic rings. The second-order valence-electron chi connectivity index (χ2n) is 7.20. The topological polar surface area (TPSA) is 119 Å². The third-order valence-corrected chi connectivity index (χ3v) is 5.83. The third-order valence-electron chi connectivity index (χ3n) is 4.79. The summed E-state index contributed by atoms with van der Waals surface area (Å²) in [5, 5.41) is 11.4. The zero-order valence-corrected chi connectivity index (χ0v) is 17.5. The summed E-state index contributed by atoms with van der Waals surface area (Å²) in [5.74, 6) is -0.382. The van der Waals surface area contributed by atoms with Gasteiger partial charge in [-0.05, 0) is 43.2 Å². The average molecular weight is 423 g/mol. The van der Waals surface area contributed by atoms with Gasteiger partial charge in [0.25, 0.3) is 0 Å². The number of carbonyl (C=O) groups excluding carboxylic acids is 2. The second-order valence-corrected chi connectivity index (χ2v) is 8.31. The van der Waals surface area contributed by atoms with Crippen LogP contribution in [0.4, 0.5) is 11.4 Å². The molecule has 1 aliphatic carbocycles. The number of hydrogen-bond acceptors (Lipinski definition) is 6. The van der Waals surface area contributed by atoms with Crippen molar-refractivity contribution in [2.45, 2.75) is 57.5 Å². The lowest BCUT2D eigenvalue weighted by atomic mass is 9.98. The number of aliphatic carboxylic acids is 1. The maximum absolute atomic E-state index is 12.2. The molecule has 0 unspecified atom stereocenters. The minimum absolute atomic E-state index is 0.0918. The monoisotopic (exact) mass is 422 g/mol. The highest BCUT2D eigenvalue weighted by atomic mass is 32.2. The van der Waals surface area contributed by atoms with Gasteiger partial charge in [0.05, 0.1) is 29.7 Å². The molecule has 0 aromatic heterocycles. The highest BCUT2D eigenvalue weighted by molar-refractivity contribution is 7.99. The Labute approximate surface area is 175 Å². The molecule has 0 spiro atoms. The van der Waals surface area contributed by atoms with Gasteiger partial charge >= 0.3 is 5.97 Å². The molecule has 29 heavy (non-hydrogen) atoms. The van der Waals surface area contributed by atoms with Crippen LogP contribution in [0.5, 0.6) is 0 Å². The molecule has 4 N–H and O–H groups in total. The lowest BCUT2D eigenvalue weighted by molar-refractivity contribution is -0.137. The molecular weight excluding hydrogens is 392 g/mol. The van der Waals surface area contributed by atoms with Crippen molar-refractivity contribution in [2.75, 3.05) is 29.2 Å². The number of anilines is 2. The van der Waals surface area contributed by atoms with Crippen LogP contribution in [0.15, 0.2) is 18.2 Å². The van der Waals surface area contributed by atoms with Crippen molar-refractivity contribution in [1.82, 2.24) is 0 Å². The van der Waals surface area contributed by atoms with E-state index in [-0.39, 0.29) is 24.5 Å². The molecule has 0 bridgehead atoms. The molecule has 0 saturated heterocycles. The van der Waals surface area contributed by atoms with E-state index in [9.17, 15) is 14.4 Å². The number of nitrogens with two attached hydrogens (primary N) is 1. The zero-order chi connectivity index (χ0) is 21.1. The molecule has 0 aliphatic heterocycles. The molecule has 0 atom stereocenters. The van der Waals surface area contributed by atoms with Crippen LogP contribution in [0.25, 0.3) is 0 Å². The van der Waals surface area contributed by atoms with Crippen molar-refractivity contribution in [3.8, 4) is 0 Å². The van der Waals surface area contributed by atoms with E-state index >= 15 is 0 Å². The summed E-state index contributed by atoms with van der Waals surface area (Å²) in [6.45, 7) is 0.729. The van der Waals surface area contributed by atoms with Gasteiger partial charge in [0.15, 0.2) is 5.78 Å². The fourth-order valence-corrected chi connectivity index (χ4v) is 3.92. The summed E-state index contributed by atoms with van der Waals surface area (Å²) < 4.78 is 5.87. The molecule has 1 aromatic carbocycles. The molecule has 1 aliphatic rings. The number of carboxylic acid groups (broad SMARTS) is 1. The van der Waals surface area contributed by atoms with Crippen molar-refractivity contribution < 1.29 is 24.2 Å². The van der Waals surface area contributed by atoms with Gasteiger partial charge in [-0.25, -0.2) is 0 Å². The molecule has 1 saturated carbocycles. The van der Waals surface area contributed by atoms with E-state index in [4.69, 9.17) is 15.6 Å². The van der Waals surface area contributed by atoms with E-state index in [0.29, 0.717) is 28.8 Å². The Bertz CT molecular complexity index is 704. The van der Waals surface area contributed by atoms with Crippen molar-refractivity contribution in [1.29, 1.82) is 0 Å². The lowest BCUT2D eigenvalue weighted by Gasteiger charge is -2.21. The second kappa shape index (κ2) is 12.5. The number of nitrogens with one attached hydrogen (secondary N) is 1. The number of hydrogen-bond donors (Lipinski definition) is 3. The van der Waals surface area contributed by atoms with E-state index in [1.54, 1.807) is 6.07 Å². The molecule has 1 amide bonds. The number of Topliss-reactive ketones (excluding diaryl/α,β-unsaturated/α-hetero) is 1. The van der Waals surface area contributed by atoms with Crippen LogP contribution in [-0.2, 0) is 14.3 Å². The molecule has 1 fully saturated rings. The Hall–Kier alpha value is -2.06. The zero-order valence-electron chi connectivity index (χ0n) is 16.7. The van der Waals surface area contributed by atoms with Gasteiger partial charge in [-0.1, -0.05) is 19.3 Å². The number of ketones is 1. The first-order valence-corrected chi connectivity index (χ1v) is 11.2. The number of benzene rings is 1. The molecular formula is C21H30N2O5S. The van der Waals surface area contributed by atoms with E-state index < -0.39 is 5.97 Å². The smallest absolute Gasteiger partial charge is 0.303 e. The van der Waals surface area contributed by atoms with Gasteiger partial charge in [-0.2, -0.15) is 11.8 Å². The predicted molar refractivity (Wildman–Crippen MR) is 115 cm³/mol. The average Bonchev–Trinajstić information content (AvgIpc) is 2.71.